The van der Waals surface area contributed by atoms with E-state index >= 15 is 0 Å². The molecule has 0 fully saturated rings. The minimum atomic E-state index is -0.201. The van der Waals surface area contributed by atoms with Crippen LogP contribution < -0.4 is 5.32 Å². The largest absolute Gasteiger partial charge is 0.298 e. The Morgan fingerprint density at radius 3 is 3.00 bits per heavy atom. The predicted octanol–water partition coefficient (Wildman–Crippen LogP) is 1.43. The molecule has 0 unspecified atom stereocenters. The maximum Gasteiger partial charge on any atom is 0.260 e. The van der Waals surface area contributed by atoms with Crippen molar-refractivity contribution in [3.63, 3.8) is 0 Å². The van der Waals surface area contributed by atoms with Crippen LogP contribution >= 0.6 is 11.3 Å². The Labute approximate surface area is 84.2 Å². The van der Waals surface area contributed by atoms with Crippen LogP contribution in [0.2, 0.25) is 0 Å². The van der Waals surface area contributed by atoms with Crippen LogP contribution in [0.4, 0.5) is 5.13 Å². The first-order valence-electron chi connectivity index (χ1n) is 3.98. The van der Waals surface area contributed by atoms with Gasteiger partial charge in [-0.3, -0.25) is 15.2 Å². The third kappa shape index (κ3) is 1.80. The van der Waals surface area contributed by atoms with E-state index in [0.717, 1.165) is 4.88 Å². The Morgan fingerprint density at radius 1 is 1.57 bits per heavy atom. The first-order valence-corrected chi connectivity index (χ1v) is 4.80. The van der Waals surface area contributed by atoms with Crippen LogP contribution in [0.3, 0.4) is 0 Å². The smallest absolute Gasteiger partial charge is 0.260 e. The van der Waals surface area contributed by atoms with Crippen LogP contribution in [0.1, 0.15) is 15.2 Å². The number of hydrogen-bond acceptors (Lipinski definition) is 4. The predicted molar refractivity (Wildman–Crippen MR) is 53.4 cm³/mol. The van der Waals surface area contributed by atoms with E-state index < -0.39 is 0 Å². The van der Waals surface area contributed by atoms with Gasteiger partial charge in [-0.05, 0) is 6.92 Å². The Morgan fingerprint density at radius 2 is 2.43 bits per heavy atom. The van der Waals surface area contributed by atoms with E-state index in [9.17, 15) is 4.79 Å². The van der Waals surface area contributed by atoms with Gasteiger partial charge in [-0.25, -0.2) is 4.98 Å². The molecule has 1 amide bonds. The monoisotopic (exact) mass is 208 g/mol. The molecule has 0 radical (unpaired) electrons. The number of nitrogens with zero attached hydrogens (tertiary/aromatic N) is 2. The average Bonchev–Trinajstić information content (AvgIpc) is 2.75. The van der Waals surface area contributed by atoms with E-state index in [4.69, 9.17) is 0 Å². The number of aromatic nitrogens is 3. The van der Waals surface area contributed by atoms with Crippen LogP contribution in [-0.4, -0.2) is 21.1 Å². The highest BCUT2D eigenvalue weighted by Gasteiger charge is 2.08. The second-order valence-electron chi connectivity index (χ2n) is 2.72. The van der Waals surface area contributed by atoms with Crippen molar-refractivity contribution >= 4 is 22.4 Å². The summed E-state index contributed by atoms with van der Waals surface area (Å²) in [6, 6.07) is 0. The molecule has 0 aromatic carbocycles. The molecule has 0 atom stereocenters. The molecular formula is C8H8N4OS. The summed E-state index contributed by atoms with van der Waals surface area (Å²) < 4.78 is 0. The number of amides is 1. The molecule has 14 heavy (non-hydrogen) atoms. The van der Waals surface area contributed by atoms with Gasteiger partial charge >= 0.3 is 0 Å². The maximum absolute atomic E-state index is 11.5. The summed E-state index contributed by atoms with van der Waals surface area (Å²) >= 11 is 1.44. The highest BCUT2D eigenvalue weighted by molar-refractivity contribution is 7.15. The van der Waals surface area contributed by atoms with Crippen molar-refractivity contribution in [1.29, 1.82) is 0 Å². The minimum absolute atomic E-state index is 0.201. The van der Waals surface area contributed by atoms with Crippen LogP contribution in [0.15, 0.2) is 18.6 Å². The second-order valence-corrected chi connectivity index (χ2v) is 3.95. The van der Waals surface area contributed by atoms with Gasteiger partial charge in [-0.1, -0.05) is 0 Å². The zero-order valence-corrected chi connectivity index (χ0v) is 8.26. The standard InChI is InChI=1S/C8H8N4OS/c1-5-2-9-8(14-5)12-7(13)6-3-10-11-4-6/h2-4H,1H3,(H,10,11)(H,9,12,13). The fourth-order valence-electron chi connectivity index (χ4n) is 0.957. The van der Waals surface area contributed by atoms with Crippen molar-refractivity contribution in [2.75, 3.05) is 5.32 Å². The van der Waals surface area contributed by atoms with Crippen molar-refractivity contribution in [2.24, 2.45) is 0 Å². The average molecular weight is 208 g/mol. The summed E-state index contributed by atoms with van der Waals surface area (Å²) in [7, 11) is 0. The van der Waals surface area contributed by atoms with Crippen molar-refractivity contribution in [3.05, 3.63) is 29.0 Å². The van der Waals surface area contributed by atoms with Crippen molar-refractivity contribution < 1.29 is 4.79 Å². The van der Waals surface area contributed by atoms with Crippen molar-refractivity contribution in [2.45, 2.75) is 6.92 Å². The zero-order valence-electron chi connectivity index (χ0n) is 7.44. The molecular weight excluding hydrogens is 200 g/mol. The summed E-state index contributed by atoms with van der Waals surface area (Å²) in [5.41, 5.74) is 0.498. The van der Waals surface area contributed by atoms with Crippen LogP contribution in [-0.2, 0) is 0 Å². The number of carbonyl (C=O) groups is 1. The molecule has 0 aliphatic rings. The molecule has 5 nitrogen and oxygen atoms in total. The van der Waals surface area contributed by atoms with Crippen molar-refractivity contribution in [3.8, 4) is 0 Å². The van der Waals surface area contributed by atoms with Gasteiger partial charge in [0.25, 0.3) is 5.91 Å². The molecule has 2 aromatic heterocycles. The summed E-state index contributed by atoms with van der Waals surface area (Å²) in [5, 5.41) is 9.54. The van der Waals surface area contributed by atoms with Gasteiger partial charge in [0.1, 0.15) is 0 Å². The lowest BCUT2D eigenvalue weighted by atomic mass is 10.3. The topological polar surface area (TPSA) is 70.7 Å². The van der Waals surface area contributed by atoms with Gasteiger partial charge < -0.3 is 0 Å². The number of aryl methyl sites for hydroxylation is 1. The van der Waals surface area contributed by atoms with Crippen LogP contribution in [0.5, 0.6) is 0 Å². The van der Waals surface area contributed by atoms with Gasteiger partial charge in [0.05, 0.1) is 11.8 Å². The fourth-order valence-corrected chi connectivity index (χ4v) is 1.62. The molecule has 2 heterocycles. The quantitative estimate of drug-likeness (QED) is 0.784. The first-order chi connectivity index (χ1) is 6.75. The molecule has 0 bridgehead atoms. The number of nitrogens with one attached hydrogen (secondary N) is 2. The number of carbonyl (C=O) groups excluding carboxylic acids is 1. The van der Waals surface area contributed by atoms with E-state index in [-0.39, 0.29) is 5.91 Å². The number of hydrogen-bond donors (Lipinski definition) is 2. The van der Waals surface area contributed by atoms with Crippen molar-refractivity contribution in [1.82, 2.24) is 15.2 Å². The van der Waals surface area contributed by atoms with E-state index in [0.29, 0.717) is 10.7 Å². The molecule has 2 N–H and O–H groups in total. The highest BCUT2D eigenvalue weighted by atomic mass is 32.1. The third-order valence-electron chi connectivity index (χ3n) is 1.60. The van der Waals surface area contributed by atoms with E-state index in [1.165, 1.54) is 23.7 Å². The SMILES string of the molecule is Cc1cnc(NC(=O)c2cn[nH]c2)s1. The lowest BCUT2D eigenvalue weighted by molar-refractivity contribution is 0.102. The molecule has 2 aromatic rings. The Kier molecular flexibility index (Phi) is 2.28. The summed E-state index contributed by atoms with van der Waals surface area (Å²) in [6.45, 7) is 1.94. The Hall–Kier alpha value is -1.69. The molecule has 0 aliphatic carbocycles. The molecule has 72 valence electrons. The number of rotatable bonds is 2. The molecule has 2 rings (SSSR count). The number of H-pyrrole nitrogens is 1. The van der Waals surface area contributed by atoms with E-state index in [1.807, 2.05) is 6.92 Å². The lowest BCUT2D eigenvalue weighted by Crippen LogP contribution is -2.10. The van der Waals surface area contributed by atoms with Gasteiger partial charge in [0.15, 0.2) is 5.13 Å². The zero-order chi connectivity index (χ0) is 9.97. The van der Waals surface area contributed by atoms with Crippen LogP contribution in [0.25, 0.3) is 0 Å². The molecule has 0 aliphatic heterocycles. The minimum Gasteiger partial charge on any atom is -0.298 e. The summed E-state index contributed by atoms with van der Waals surface area (Å²) in [4.78, 5) is 16.6. The van der Waals surface area contributed by atoms with E-state index in [1.54, 1.807) is 6.20 Å². The Bertz CT molecular complexity index is 434. The van der Waals surface area contributed by atoms with Crippen LogP contribution in [0, 0.1) is 6.92 Å². The maximum atomic E-state index is 11.5. The number of aromatic amines is 1. The Balaban J connectivity index is 2.09. The third-order valence-corrected chi connectivity index (χ3v) is 2.43. The normalized spacial score (nSPS) is 10.1. The van der Waals surface area contributed by atoms with Gasteiger partial charge in [-0.2, -0.15) is 5.10 Å². The fraction of sp³-hybridized carbons (Fsp3) is 0.125. The van der Waals surface area contributed by atoms with Gasteiger partial charge in [0.2, 0.25) is 0 Å². The van der Waals surface area contributed by atoms with Gasteiger partial charge in [0, 0.05) is 17.3 Å². The molecule has 0 spiro atoms. The number of thiazole rings is 1. The lowest BCUT2D eigenvalue weighted by Gasteiger charge is -1.96. The van der Waals surface area contributed by atoms with E-state index in [2.05, 4.69) is 20.5 Å². The molecule has 6 heteroatoms. The van der Waals surface area contributed by atoms with Gasteiger partial charge in [-0.15, -0.1) is 11.3 Å². The highest BCUT2D eigenvalue weighted by Crippen LogP contribution is 2.16. The first kappa shape index (κ1) is 8.89. The number of anilines is 1. The summed E-state index contributed by atoms with van der Waals surface area (Å²) in [5.74, 6) is -0.201. The molecule has 0 saturated heterocycles. The second kappa shape index (κ2) is 3.59. The molecule has 0 saturated carbocycles. The summed E-state index contributed by atoms with van der Waals surface area (Å²) in [6.07, 6.45) is 4.72.